The van der Waals surface area contributed by atoms with Crippen LogP contribution >= 0.6 is 0 Å². The highest BCUT2D eigenvalue weighted by molar-refractivity contribution is 5.51. The number of phenols is 5. The summed E-state index contributed by atoms with van der Waals surface area (Å²) in [5, 5.41) is 47.4. The lowest BCUT2D eigenvalue weighted by molar-refractivity contribution is 0.367. The van der Waals surface area contributed by atoms with Crippen LogP contribution in [0.25, 0.3) is 0 Å². The molecule has 3 aromatic rings. The molecular weight excluding hydrogens is 344 g/mol. The molecule has 3 rings (SSSR count). The highest BCUT2D eigenvalue weighted by Crippen LogP contribution is 2.35. The van der Waals surface area contributed by atoms with Crippen LogP contribution in [0.2, 0.25) is 0 Å². The summed E-state index contributed by atoms with van der Waals surface area (Å²) in [6.45, 7) is 0. The minimum absolute atomic E-state index is 0.103. The summed E-state index contributed by atoms with van der Waals surface area (Å²) in [6.07, 6.45) is 2.97. The smallest absolute Gasteiger partial charge is 0.200 e. The monoisotopic (exact) mass is 366 g/mol. The van der Waals surface area contributed by atoms with E-state index in [0.717, 1.165) is 36.0 Å². The van der Waals surface area contributed by atoms with Crippen molar-refractivity contribution < 1.29 is 25.5 Å². The van der Waals surface area contributed by atoms with Crippen molar-refractivity contribution in [1.82, 2.24) is 0 Å². The average molecular weight is 366 g/mol. The molecule has 0 radical (unpaired) electrons. The third-order valence-electron chi connectivity index (χ3n) is 4.60. The molecule has 3 aromatic carbocycles. The van der Waals surface area contributed by atoms with Gasteiger partial charge in [-0.3, -0.25) is 0 Å². The number of phenolic OH excluding ortho intramolecular Hbond substituents is 5. The quantitative estimate of drug-likeness (QED) is 0.427. The Kier molecular flexibility index (Phi) is 5.41. The number of rotatable bonds is 6. The van der Waals surface area contributed by atoms with Gasteiger partial charge in [0.2, 0.25) is 0 Å². The SMILES string of the molecule is Oc1ccc(CCc2ccc(CCc3cc(O)c(O)c(O)c3)cc2)cc1O. The summed E-state index contributed by atoms with van der Waals surface area (Å²) >= 11 is 0. The Morgan fingerprint density at radius 3 is 1.33 bits per heavy atom. The standard InChI is InChI=1S/C22H22O5/c23-18-10-9-16(11-19(18)24)7-5-14-1-3-15(4-2-14)6-8-17-12-20(25)22(27)21(26)13-17/h1-4,9-13,23-27H,5-8H2. The first-order chi connectivity index (χ1) is 12.9. The van der Waals surface area contributed by atoms with Gasteiger partial charge in [-0.25, -0.2) is 0 Å². The van der Waals surface area contributed by atoms with E-state index in [4.69, 9.17) is 0 Å². The topological polar surface area (TPSA) is 101 Å². The van der Waals surface area contributed by atoms with Gasteiger partial charge in [0.05, 0.1) is 0 Å². The van der Waals surface area contributed by atoms with Crippen molar-refractivity contribution in [2.75, 3.05) is 0 Å². The molecule has 0 atom stereocenters. The molecule has 0 spiro atoms. The van der Waals surface area contributed by atoms with Gasteiger partial charge < -0.3 is 25.5 Å². The van der Waals surface area contributed by atoms with Gasteiger partial charge in [0, 0.05) is 0 Å². The number of aromatic hydroxyl groups is 5. The van der Waals surface area contributed by atoms with Gasteiger partial charge in [0.1, 0.15) is 0 Å². The molecule has 0 aromatic heterocycles. The second-order valence-electron chi connectivity index (χ2n) is 6.62. The van der Waals surface area contributed by atoms with E-state index < -0.39 is 5.75 Å². The molecule has 0 amide bonds. The van der Waals surface area contributed by atoms with Crippen molar-refractivity contribution >= 4 is 0 Å². The van der Waals surface area contributed by atoms with Crippen LogP contribution in [0.4, 0.5) is 0 Å². The maximum absolute atomic E-state index is 9.56. The first-order valence-electron chi connectivity index (χ1n) is 8.75. The van der Waals surface area contributed by atoms with Crippen LogP contribution in [0.3, 0.4) is 0 Å². The first-order valence-corrected chi connectivity index (χ1v) is 8.75. The van der Waals surface area contributed by atoms with E-state index in [2.05, 4.69) is 12.1 Å². The zero-order valence-electron chi connectivity index (χ0n) is 14.8. The Balaban J connectivity index is 1.56. The van der Waals surface area contributed by atoms with Crippen LogP contribution in [-0.4, -0.2) is 25.5 Å². The van der Waals surface area contributed by atoms with E-state index in [-0.39, 0.29) is 23.0 Å². The largest absolute Gasteiger partial charge is 0.504 e. The number of aryl methyl sites for hydroxylation is 4. The van der Waals surface area contributed by atoms with Crippen LogP contribution < -0.4 is 0 Å². The minimum atomic E-state index is -0.495. The van der Waals surface area contributed by atoms with Gasteiger partial charge >= 0.3 is 0 Å². The number of hydrogen-bond donors (Lipinski definition) is 5. The zero-order chi connectivity index (χ0) is 19.4. The van der Waals surface area contributed by atoms with E-state index in [9.17, 15) is 25.5 Å². The highest BCUT2D eigenvalue weighted by Gasteiger charge is 2.08. The lowest BCUT2D eigenvalue weighted by Gasteiger charge is -2.08. The molecule has 0 heterocycles. The third-order valence-corrected chi connectivity index (χ3v) is 4.60. The van der Waals surface area contributed by atoms with Crippen molar-refractivity contribution in [1.29, 1.82) is 0 Å². The molecule has 0 fully saturated rings. The lowest BCUT2D eigenvalue weighted by Crippen LogP contribution is -1.94. The summed E-state index contributed by atoms with van der Waals surface area (Å²) < 4.78 is 0. The fraction of sp³-hybridized carbons (Fsp3) is 0.182. The Labute approximate surface area is 157 Å². The number of hydrogen-bond acceptors (Lipinski definition) is 5. The maximum atomic E-state index is 9.56. The lowest BCUT2D eigenvalue weighted by atomic mass is 10.00. The molecule has 5 heteroatoms. The predicted molar refractivity (Wildman–Crippen MR) is 102 cm³/mol. The van der Waals surface area contributed by atoms with Crippen molar-refractivity contribution in [2.24, 2.45) is 0 Å². The van der Waals surface area contributed by atoms with Crippen molar-refractivity contribution in [2.45, 2.75) is 25.7 Å². The molecule has 0 unspecified atom stereocenters. The van der Waals surface area contributed by atoms with Gasteiger partial charge in [0.15, 0.2) is 28.7 Å². The summed E-state index contributed by atoms with van der Waals surface area (Å²) in [7, 11) is 0. The van der Waals surface area contributed by atoms with E-state index in [1.807, 2.05) is 12.1 Å². The Morgan fingerprint density at radius 2 is 0.815 bits per heavy atom. The third kappa shape index (κ3) is 4.64. The molecule has 27 heavy (non-hydrogen) atoms. The van der Waals surface area contributed by atoms with E-state index in [1.54, 1.807) is 12.1 Å². The average Bonchev–Trinajstić information content (AvgIpc) is 2.66. The Hall–Kier alpha value is -3.34. The second-order valence-corrected chi connectivity index (χ2v) is 6.62. The molecule has 0 aliphatic carbocycles. The molecule has 5 N–H and O–H groups in total. The van der Waals surface area contributed by atoms with Crippen LogP contribution in [0.5, 0.6) is 28.7 Å². The first kappa shape index (κ1) is 18.5. The number of benzene rings is 3. The Morgan fingerprint density at radius 1 is 0.407 bits per heavy atom. The summed E-state index contributed by atoms with van der Waals surface area (Å²) in [5.74, 6) is -1.35. The van der Waals surface area contributed by atoms with Gasteiger partial charge in [-0.05, 0) is 72.2 Å². The summed E-state index contributed by atoms with van der Waals surface area (Å²) in [5.41, 5.74) is 4.01. The van der Waals surface area contributed by atoms with E-state index in [1.165, 1.54) is 23.8 Å². The van der Waals surface area contributed by atoms with Gasteiger partial charge in [0.25, 0.3) is 0 Å². The maximum Gasteiger partial charge on any atom is 0.200 e. The predicted octanol–water partition coefficient (Wildman–Crippen LogP) is 3.79. The molecule has 0 aliphatic rings. The second kappa shape index (κ2) is 7.91. The molecule has 0 saturated heterocycles. The molecule has 5 nitrogen and oxygen atoms in total. The van der Waals surface area contributed by atoms with Crippen LogP contribution in [0.1, 0.15) is 22.3 Å². The van der Waals surface area contributed by atoms with Crippen molar-refractivity contribution in [3.63, 3.8) is 0 Å². The van der Waals surface area contributed by atoms with Gasteiger partial charge in [-0.2, -0.15) is 0 Å². The molecular formula is C22H22O5. The van der Waals surface area contributed by atoms with Crippen LogP contribution in [0, 0.1) is 0 Å². The Bertz CT molecular complexity index is 909. The summed E-state index contributed by atoms with van der Waals surface area (Å²) in [6, 6.07) is 16.0. The summed E-state index contributed by atoms with van der Waals surface area (Å²) in [4.78, 5) is 0. The fourth-order valence-electron chi connectivity index (χ4n) is 2.98. The normalized spacial score (nSPS) is 10.8. The molecule has 0 bridgehead atoms. The molecule has 0 aliphatic heterocycles. The zero-order valence-corrected chi connectivity index (χ0v) is 14.8. The highest BCUT2D eigenvalue weighted by atomic mass is 16.3. The van der Waals surface area contributed by atoms with Crippen molar-refractivity contribution in [3.05, 3.63) is 76.9 Å². The van der Waals surface area contributed by atoms with Gasteiger partial charge in [-0.1, -0.05) is 30.3 Å². The fourth-order valence-corrected chi connectivity index (χ4v) is 2.98. The minimum Gasteiger partial charge on any atom is -0.504 e. The van der Waals surface area contributed by atoms with E-state index >= 15 is 0 Å². The van der Waals surface area contributed by atoms with Gasteiger partial charge in [-0.15, -0.1) is 0 Å². The van der Waals surface area contributed by atoms with Crippen molar-refractivity contribution in [3.8, 4) is 28.7 Å². The molecule has 140 valence electrons. The van der Waals surface area contributed by atoms with Crippen LogP contribution in [-0.2, 0) is 25.7 Å². The molecule has 0 saturated carbocycles. The van der Waals surface area contributed by atoms with Crippen LogP contribution in [0.15, 0.2) is 54.6 Å². The van der Waals surface area contributed by atoms with E-state index in [0.29, 0.717) is 6.42 Å².